The van der Waals surface area contributed by atoms with Gasteiger partial charge in [0.2, 0.25) is 0 Å². The molecule has 1 aliphatic carbocycles. The number of thiazole rings is 1. The van der Waals surface area contributed by atoms with Crippen molar-refractivity contribution in [1.29, 1.82) is 0 Å². The van der Waals surface area contributed by atoms with E-state index in [9.17, 15) is 0 Å². The SMILES string of the molecule is c1csc(CC2(C3CCCC3)CNC2)n1. The zero-order valence-electron chi connectivity index (χ0n) is 9.04. The van der Waals surface area contributed by atoms with Crippen LogP contribution in [-0.4, -0.2) is 18.1 Å². The fourth-order valence-electron chi connectivity index (χ4n) is 3.18. The lowest BCUT2D eigenvalue weighted by atomic mass is 9.67. The van der Waals surface area contributed by atoms with Crippen LogP contribution in [-0.2, 0) is 6.42 Å². The molecule has 3 rings (SSSR count). The van der Waals surface area contributed by atoms with Crippen LogP contribution in [0.25, 0.3) is 0 Å². The van der Waals surface area contributed by atoms with Crippen molar-refractivity contribution in [1.82, 2.24) is 10.3 Å². The van der Waals surface area contributed by atoms with Crippen LogP contribution in [0, 0.1) is 11.3 Å². The smallest absolute Gasteiger partial charge is 0.0931 e. The maximum atomic E-state index is 4.45. The van der Waals surface area contributed by atoms with Crippen molar-refractivity contribution in [2.45, 2.75) is 32.1 Å². The zero-order valence-corrected chi connectivity index (χ0v) is 9.85. The average molecular weight is 222 g/mol. The first-order valence-corrected chi connectivity index (χ1v) is 6.86. The Hall–Kier alpha value is -0.410. The number of rotatable bonds is 3. The lowest BCUT2D eigenvalue weighted by Gasteiger charge is -2.47. The number of nitrogens with one attached hydrogen (secondary N) is 1. The lowest BCUT2D eigenvalue weighted by Crippen LogP contribution is -2.58. The fourth-order valence-corrected chi connectivity index (χ4v) is 3.96. The second-order valence-electron chi connectivity index (χ2n) is 5.05. The molecule has 1 aromatic heterocycles. The monoisotopic (exact) mass is 222 g/mol. The van der Waals surface area contributed by atoms with Gasteiger partial charge in [-0.3, -0.25) is 0 Å². The van der Waals surface area contributed by atoms with Gasteiger partial charge in [0.05, 0.1) is 5.01 Å². The van der Waals surface area contributed by atoms with Crippen LogP contribution in [0.4, 0.5) is 0 Å². The van der Waals surface area contributed by atoms with E-state index in [0.717, 1.165) is 5.92 Å². The van der Waals surface area contributed by atoms with Gasteiger partial charge in [0.25, 0.3) is 0 Å². The molecule has 1 aromatic rings. The van der Waals surface area contributed by atoms with Crippen molar-refractivity contribution in [3.8, 4) is 0 Å². The Bertz CT molecular complexity index is 310. The van der Waals surface area contributed by atoms with E-state index in [2.05, 4.69) is 15.7 Å². The molecule has 1 saturated heterocycles. The summed E-state index contributed by atoms with van der Waals surface area (Å²) in [5.74, 6) is 0.961. The van der Waals surface area contributed by atoms with Gasteiger partial charge in [0.1, 0.15) is 0 Å². The Kier molecular flexibility index (Phi) is 2.53. The maximum absolute atomic E-state index is 4.45. The summed E-state index contributed by atoms with van der Waals surface area (Å²) in [5.41, 5.74) is 0.564. The second-order valence-corrected chi connectivity index (χ2v) is 6.03. The molecule has 2 nitrogen and oxygen atoms in total. The summed E-state index contributed by atoms with van der Waals surface area (Å²) in [5, 5.41) is 6.91. The Labute approximate surface area is 95.1 Å². The first kappa shape index (κ1) is 9.79. The van der Waals surface area contributed by atoms with Crippen LogP contribution in [0.5, 0.6) is 0 Å². The standard InChI is InChI=1S/C12H18N2S/c1-2-4-10(3-1)12(8-13-9-12)7-11-14-5-6-15-11/h5-6,10,13H,1-4,7-9H2. The van der Waals surface area contributed by atoms with E-state index >= 15 is 0 Å². The summed E-state index contributed by atoms with van der Waals surface area (Å²) in [6, 6.07) is 0. The molecule has 0 aromatic carbocycles. The van der Waals surface area contributed by atoms with Crippen LogP contribution in [0.2, 0.25) is 0 Å². The summed E-state index contributed by atoms with van der Waals surface area (Å²) in [6.45, 7) is 2.44. The van der Waals surface area contributed by atoms with Crippen molar-refractivity contribution < 1.29 is 0 Å². The van der Waals surface area contributed by atoms with Gasteiger partial charge >= 0.3 is 0 Å². The van der Waals surface area contributed by atoms with Crippen molar-refractivity contribution in [2.24, 2.45) is 11.3 Å². The van der Waals surface area contributed by atoms with Gasteiger partial charge in [-0.25, -0.2) is 4.98 Å². The minimum atomic E-state index is 0.564. The quantitative estimate of drug-likeness (QED) is 0.850. The second kappa shape index (κ2) is 3.87. The summed E-state index contributed by atoms with van der Waals surface area (Å²) in [7, 11) is 0. The third-order valence-corrected chi connectivity index (χ3v) is 4.94. The molecular weight excluding hydrogens is 204 g/mol. The van der Waals surface area contributed by atoms with Gasteiger partial charge in [-0.1, -0.05) is 12.8 Å². The van der Waals surface area contributed by atoms with E-state index in [0.29, 0.717) is 5.41 Å². The summed E-state index contributed by atoms with van der Waals surface area (Å²) >= 11 is 1.82. The van der Waals surface area contributed by atoms with E-state index in [4.69, 9.17) is 0 Å². The summed E-state index contributed by atoms with van der Waals surface area (Å²) in [4.78, 5) is 4.45. The molecule has 2 fully saturated rings. The zero-order chi connectivity index (χ0) is 10.1. The number of hydrogen-bond donors (Lipinski definition) is 1. The van der Waals surface area contributed by atoms with Gasteiger partial charge in [0, 0.05) is 36.5 Å². The molecule has 2 heterocycles. The molecule has 15 heavy (non-hydrogen) atoms. The van der Waals surface area contributed by atoms with E-state index in [1.807, 2.05) is 17.5 Å². The predicted molar refractivity (Wildman–Crippen MR) is 63.1 cm³/mol. The van der Waals surface area contributed by atoms with Crippen LogP contribution < -0.4 is 5.32 Å². The Balaban J connectivity index is 1.74. The molecular formula is C12H18N2S. The molecule has 1 aliphatic heterocycles. The Morgan fingerprint density at radius 2 is 2.20 bits per heavy atom. The summed E-state index contributed by atoms with van der Waals surface area (Å²) in [6.07, 6.45) is 8.95. The minimum Gasteiger partial charge on any atom is -0.315 e. The molecule has 3 heteroatoms. The van der Waals surface area contributed by atoms with Crippen LogP contribution in [0.1, 0.15) is 30.7 Å². The molecule has 0 atom stereocenters. The Morgan fingerprint density at radius 1 is 1.40 bits per heavy atom. The highest BCUT2D eigenvalue weighted by atomic mass is 32.1. The highest BCUT2D eigenvalue weighted by Gasteiger charge is 2.45. The molecule has 2 aliphatic rings. The minimum absolute atomic E-state index is 0.564. The van der Waals surface area contributed by atoms with Crippen LogP contribution in [0.15, 0.2) is 11.6 Å². The van der Waals surface area contributed by atoms with E-state index in [1.54, 1.807) is 0 Å². The van der Waals surface area contributed by atoms with Gasteiger partial charge in [0.15, 0.2) is 0 Å². The Morgan fingerprint density at radius 3 is 2.73 bits per heavy atom. The number of aromatic nitrogens is 1. The van der Waals surface area contributed by atoms with Crippen molar-refractivity contribution >= 4 is 11.3 Å². The predicted octanol–water partition coefficient (Wildman–Crippen LogP) is 2.47. The first-order chi connectivity index (χ1) is 7.39. The van der Waals surface area contributed by atoms with Crippen molar-refractivity contribution in [3.05, 3.63) is 16.6 Å². The van der Waals surface area contributed by atoms with E-state index < -0.39 is 0 Å². The molecule has 82 valence electrons. The van der Waals surface area contributed by atoms with Crippen LogP contribution in [0.3, 0.4) is 0 Å². The van der Waals surface area contributed by atoms with Crippen molar-refractivity contribution in [2.75, 3.05) is 13.1 Å². The molecule has 0 amide bonds. The average Bonchev–Trinajstić information content (AvgIpc) is 2.84. The molecule has 0 spiro atoms. The summed E-state index contributed by atoms with van der Waals surface area (Å²) < 4.78 is 0. The highest BCUT2D eigenvalue weighted by Crippen LogP contribution is 2.44. The van der Waals surface area contributed by atoms with E-state index in [1.165, 1.54) is 50.2 Å². The maximum Gasteiger partial charge on any atom is 0.0931 e. The van der Waals surface area contributed by atoms with Crippen LogP contribution >= 0.6 is 11.3 Å². The van der Waals surface area contributed by atoms with Crippen molar-refractivity contribution in [3.63, 3.8) is 0 Å². The molecule has 1 N–H and O–H groups in total. The van der Waals surface area contributed by atoms with Gasteiger partial charge in [-0.15, -0.1) is 11.3 Å². The third-order valence-electron chi connectivity index (χ3n) is 4.16. The topological polar surface area (TPSA) is 24.9 Å². The molecule has 0 radical (unpaired) electrons. The number of nitrogens with zero attached hydrogens (tertiary/aromatic N) is 1. The largest absolute Gasteiger partial charge is 0.315 e. The molecule has 1 saturated carbocycles. The lowest BCUT2D eigenvalue weighted by molar-refractivity contribution is 0.0811. The van der Waals surface area contributed by atoms with E-state index in [-0.39, 0.29) is 0 Å². The highest BCUT2D eigenvalue weighted by molar-refractivity contribution is 7.09. The molecule has 0 unspecified atom stereocenters. The number of hydrogen-bond acceptors (Lipinski definition) is 3. The van der Waals surface area contributed by atoms with Gasteiger partial charge in [-0.2, -0.15) is 0 Å². The van der Waals surface area contributed by atoms with Gasteiger partial charge in [-0.05, 0) is 18.8 Å². The fraction of sp³-hybridized carbons (Fsp3) is 0.750. The first-order valence-electron chi connectivity index (χ1n) is 5.98. The third kappa shape index (κ3) is 1.72. The normalized spacial score (nSPS) is 25.3. The molecule has 0 bridgehead atoms. The van der Waals surface area contributed by atoms with Gasteiger partial charge < -0.3 is 5.32 Å².